The van der Waals surface area contributed by atoms with Gasteiger partial charge in [-0.05, 0) is 74.6 Å². The van der Waals surface area contributed by atoms with Crippen LogP contribution in [-0.4, -0.2) is 149 Å². The molecule has 8 atom stereocenters. The van der Waals surface area contributed by atoms with Gasteiger partial charge in [0.05, 0.1) is 25.6 Å². The number of aliphatic carboxylic acids is 1. The number of nitrogens with zero attached hydrogens (tertiary/aromatic N) is 1. The van der Waals surface area contributed by atoms with Gasteiger partial charge in [0.1, 0.15) is 48.0 Å². The number of aromatic hydroxyl groups is 1. The lowest BCUT2D eigenvalue weighted by Gasteiger charge is -2.27. The van der Waals surface area contributed by atoms with E-state index in [4.69, 9.17) is 22.9 Å². The Hall–Kier alpha value is -8.36. The van der Waals surface area contributed by atoms with E-state index >= 15 is 0 Å². The number of phenols is 1. The molecular weight excluding hydrogens is 1000 g/mol. The molecule has 0 unspecified atom stereocenters. The Morgan fingerprint density at radius 3 is 1.49 bits per heavy atom. The summed E-state index contributed by atoms with van der Waals surface area (Å²) in [4.78, 5) is 148. The van der Waals surface area contributed by atoms with Gasteiger partial charge in [-0.2, -0.15) is 0 Å². The second kappa shape index (κ2) is 32.8. The predicted molar refractivity (Wildman–Crippen MR) is 281 cm³/mol. The first-order valence-corrected chi connectivity index (χ1v) is 24.9. The van der Waals surface area contributed by atoms with Crippen molar-refractivity contribution in [3.63, 3.8) is 0 Å². The van der Waals surface area contributed by atoms with E-state index < -0.39 is 133 Å². The molecule has 0 aliphatic carbocycles. The van der Waals surface area contributed by atoms with Gasteiger partial charge in [0.15, 0.2) is 5.96 Å². The Morgan fingerprint density at radius 2 is 0.974 bits per heavy atom. The third-order valence-electron chi connectivity index (χ3n) is 11.3. The van der Waals surface area contributed by atoms with E-state index in [0.29, 0.717) is 11.1 Å². The first-order chi connectivity index (χ1) is 36.1. The molecule has 0 aliphatic heterocycles. The number of guanidine groups is 1. The third kappa shape index (κ3) is 25.6. The number of hydrogen-bond acceptors (Lipinski definition) is 14. The van der Waals surface area contributed by atoms with Crippen molar-refractivity contribution in [1.29, 1.82) is 0 Å². The van der Waals surface area contributed by atoms with Crippen LogP contribution in [0.4, 0.5) is 0 Å². The predicted octanol–water partition coefficient (Wildman–Crippen LogP) is -3.72. The maximum Gasteiger partial charge on any atom is 0.305 e. The van der Waals surface area contributed by atoms with Crippen LogP contribution >= 0.6 is 0 Å². The van der Waals surface area contributed by atoms with Crippen LogP contribution in [0.5, 0.6) is 5.75 Å². The van der Waals surface area contributed by atoms with Gasteiger partial charge in [0, 0.05) is 19.4 Å². The smallest absolute Gasteiger partial charge is 0.305 e. The molecule has 424 valence electrons. The molecular formula is C50H76N14O13. The average molecular weight is 1080 g/mol. The minimum absolute atomic E-state index is 0.00293. The highest BCUT2D eigenvalue weighted by Crippen LogP contribution is 2.14. The number of nitrogens with two attached hydrogens (primary N) is 4. The Balaban J connectivity index is 2.37. The molecule has 0 saturated heterocycles. The second-order valence-electron chi connectivity index (χ2n) is 19.2. The van der Waals surface area contributed by atoms with Crippen LogP contribution in [0.2, 0.25) is 0 Å². The summed E-state index contributed by atoms with van der Waals surface area (Å²) in [6.07, 6.45) is -0.782. The number of aliphatic imine (C=N–C) groups is 1. The average Bonchev–Trinajstić information content (AvgIpc) is 3.34. The highest BCUT2D eigenvalue weighted by molar-refractivity contribution is 5.98. The summed E-state index contributed by atoms with van der Waals surface area (Å²) in [5.41, 5.74) is 23.0. The summed E-state index contributed by atoms with van der Waals surface area (Å²) < 4.78 is 0. The zero-order valence-electron chi connectivity index (χ0n) is 44.2. The number of carbonyl (C=O) groups excluding carboxylic acids is 10. The number of carbonyl (C=O) groups is 11. The van der Waals surface area contributed by atoms with Gasteiger partial charge in [0.25, 0.3) is 0 Å². The van der Waals surface area contributed by atoms with Crippen LogP contribution in [0.25, 0.3) is 0 Å². The van der Waals surface area contributed by atoms with Crippen LogP contribution in [0.15, 0.2) is 59.6 Å². The standard InChI is InChI=1S/C50H76N14O13/c1-26(2)19-34(42(52)70)60-40(67)25-56-45(73)36(21-30-11-8-7-9-12-30)62-44(72)29(6)58-48(76)37(22-31-14-16-32(65)17-15-31)64-49(77)35(20-27(3)4)63-47(75)33(13-10-18-55-50(53)54)59-39(66)24-57-46(74)38(23-41(68)69)61-43(71)28(5)51/h7-9,11-12,14-17,26-29,33-38,65H,10,13,18-25,51H2,1-6H3,(H2,52,70)(H,56,73)(H,57,74)(H,58,76)(H,59,66)(H,60,67)(H,61,71)(H,62,72)(H,63,75)(H,64,77)(H,68,69)(H4,53,54,55)/t28-,29-,33-,34+,35-,36-,37-,38+/m0/s1. The maximum atomic E-state index is 14.3. The molecule has 77 heavy (non-hydrogen) atoms. The minimum atomic E-state index is -1.60. The fourth-order valence-electron chi connectivity index (χ4n) is 7.31. The summed E-state index contributed by atoms with van der Waals surface area (Å²) in [6, 6.07) is 3.87. The summed E-state index contributed by atoms with van der Waals surface area (Å²) in [5, 5.41) is 41.6. The molecule has 0 aliphatic rings. The molecule has 19 N–H and O–H groups in total. The van der Waals surface area contributed by atoms with Gasteiger partial charge < -0.3 is 81.0 Å². The minimum Gasteiger partial charge on any atom is -0.508 e. The van der Waals surface area contributed by atoms with Crippen molar-refractivity contribution in [3.8, 4) is 5.75 Å². The van der Waals surface area contributed by atoms with Gasteiger partial charge in [-0.15, -0.1) is 0 Å². The number of amides is 10. The van der Waals surface area contributed by atoms with Gasteiger partial charge in [0.2, 0.25) is 59.1 Å². The fourth-order valence-corrected chi connectivity index (χ4v) is 7.31. The molecule has 2 rings (SSSR count). The molecule has 0 spiro atoms. The lowest BCUT2D eigenvalue weighted by Crippen LogP contribution is -2.59. The molecule has 0 saturated carbocycles. The highest BCUT2D eigenvalue weighted by Gasteiger charge is 2.33. The van der Waals surface area contributed by atoms with Gasteiger partial charge in [-0.3, -0.25) is 57.7 Å². The highest BCUT2D eigenvalue weighted by atomic mass is 16.4. The quantitative estimate of drug-likeness (QED) is 0.0186. The van der Waals surface area contributed by atoms with Crippen LogP contribution in [0.1, 0.15) is 84.8 Å². The lowest BCUT2D eigenvalue weighted by molar-refractivity contribution is -0.141. The van der Waals surface area contributed by atoms with E-state index in [2.05, 4.69) is 52.8 Å². The number of phenolic OH excluding ortho intramolecular Hbond substituents is 1. The monoisotopic (exact) mass is 1080 g/mol. The summed E-state index contributed by atoms with van der Waals surface area (Å²) >= 11 is 0. The second-order valence-corrected chi connectivity index (χ2v) is 19.2. The Labute approximate surface area is 446 Å². The van der Waals surface area contributed by atoms with Crippen molar-refractivity contribution in [2.24, 2.45) is 39.8 Å². The maximum absolute atomic E-state index is 14.3. The van der Waals surface area contributed by atoms with E-state index in [1.54, 1.807) is 44.2 Å². The van der Waals surface area contributed by atoms with Gasteiger partial charge in [-0.25, -0.2) is 0 Å². The van der Waals surface area contributed by atoms with Crippen molar-refractivity contribution in [2.75, 3.05) is 19.6 Å². The van der Waals surface area contributed by atoms with Gasteiger partial charge in [-0.1, -0.05) is 70.2 Å². The topological polar surface area (TPSA) is 453 Å². The van der Waals surface area contributed by atoms with E-state index in [1.807, 2.05) is 13.8 Å². The van der Waals surface area contributed by atoms with Crippen molar-refractivity contribution in [2.45, 2.75) is 135 Å². The number of primary amides is 1. The molecule has 2 aromatic carbocycles. The number of carboxylic acids is 1. The number of nitrogens with one attached hydrogen (secondary N) is 9. The van der Waals surface area contributed by atoms with Crippen LogP contribution in [0, 0.1) is 11.8 Å². The normalized spacial score (nSPS) is 14.0. The zero-order chi connectivity index (χ0) is 57.9. The Kier molecular flexibility index (Phi) is 27.6. The van der Waals surface area contributed by atoms with E-state index in [1.165, 1.54) is 38.1 Å². The van der Waals surface area contributed by atoms with Crippen molar-refractivity contribution in [3.05, 3.63) is 65.7 Å². The summed E-state index contributed by atoms with van der Waals surface area (Å²) in [5.74, 6) is -10.4. The van der Waals surface area contributed by atoms with Crippen molar-refractivity contribution < 1.29 is 63.0 Å². The number of benzene rings is 2. The molecule has 10 amide bonds. The number of rotatable bonds is 33. The first kappa shape index (κ1) is 64.8. The molecule has 0 heterocycles. The Morgan fingerprint density at radius 1 is 0.519 bits per heavy atom. The van der Waals surface area contributed by atoms with Crippen LogP contribution < -0.4 is 70.8 Å². The number of carboxylic acid groups (broad SMARTS) is 1. The van der Waals surface area contributed by atoms with E-state index in [0.717, 1.165) is 0 Å². The van der Waals surface area contributed by atoms with Crippen LogP contribution in [-0.2, 0) is 65.6 Å². The molecule has 27 nitrogen and oxygen atoms in total. The SMILES string of the molecule is CC(C)C[C@H](NC(=O)[C@H](CCCN=C(N)N)NC(=O)CNC(=O)[C@@H](CC(=O)O)NC(=O)[C@H](C)N)C(=O)N[C@@H](Cc1ccc(O)cc1)C(=O)N[C@@H](C)C(=O)N[C@@H](Cc1ccccc1)C(=O)NCC(=O)N[C@H](CC(C)C)C(N)=O. The zero-order valence-corrected chi connectivity index (χ0v) is 44.2. The Bertz CT molecular complexity index is 2380. The first-order valence-electron chi connectivity index (χ1n) is 24.9. The molecule has 2 aromatic rings. The molecule has 0 aromatic heterocycles. The molecule has 0 fully saturated rings. The van der Waals surface area contributed by atoms with Crippen molar-refractivity contribution >= 4 is 71.0 Å². The lowest BCUT2D eigenvalue weighted by atomic mass is 10.00. The van der Waals surface area contributed by atoms with Gasteiger partial charge >= 0.3 is 5.97 Å². The number of hydrogen-bond donors (Lipinski definition) is 15. The molecule has 27 heteroatoms. The molecule has 0 bridgehead atoms. The summed E-state index contributed by atoms with van der Waals surface area (Å²) in [6.45, 7) is 8.52. The van der Waals surface area contributed by atoms with Crippen LogP contribution in [0.3, 0.4) is 0 Å². The molecule has 0 radical (unpaired) electrons. The third-order valence-corrected chi connectivity index (χ3v) is 11.3. The summed E-state index contributed by atoms with van der Waals surface area (Å²) in [7, 11) is 0. The van der Waals surface area contributed by atoms with E-state index in [9.17, 15) is 63.0 Å². The largest absolute Gasteiger partial charge is 0.508 e. The van der Waals surface area contributed by atoms with E-state index in [-0.39, 0.29) is 68.6 Å². The van der Waals surface area contributed by atoms with Crippen molar-refractivity contribution in [1.82, 2.24) is 47.9 Å². The fraction of sp³-hybridized carbons (Fsp3) is 0.520.